The Morgan fingerprint density at radius 3 is 2.61 bits per heavy atom. The van der Waals surface area contributed by atoms with E-state index in [-0.39, 0.29) is 29.2 Å². The van der Waals surface area contributed by atoms with Crippen molar-refractivity contribution in [3.8, 4) is 0 Å². The largest absolute Gasteiger partial charge is 0.478 e. The van der Waals surface area contributed by atoms with E-state index < -0.39 is 5.97 Å². The first-order valence-electron chi connectivity index (χ1n) is 7.97. The zero-order chi connectivity index (χ0) is 16.4. The first-order valence-corrected chi connectivity index (χ1v) is 7.97. The number of carbonyl (C=O) groups excluding carboxylic acids is 2. The number of nitrogens with zero attached hydrogens (tertiary/aromatic N) is 1. The van der Waals surface area contributed by atoms with E-state index in [1.807, 2.05) is 0 Å². The second-order valence-corrected chi connectivity index (χ2v) is 6.27. The Balaban J connectivity index is 1.62. The maximum absolute atomic E-state index is 12.4. The molecule has 1 aliphatic carbocycles. The van der Waals surface area contributed by atoms with Crippen LogP contribution in [0.4, 0.5) is 5.69 Å². The van der Waals surface area contributed by atoms with E-state index in [0.717, 1.165) is 32.2 Å². The van der Waals surface area contributed by atoms with Crippen molar-refractivity contribution < 1.29 is 19.5 Å². The number of piperidine rings is 1. The summed E-state index contributed by atoms with van der Waals surface area (Å²) in [5.41, 5.74) is 0.609. The average Bonchev–Trinajstić information content (AvgIpc) is 3.39. The Morgan fingerprint density at radius 1 is 1.13 bits per heavy atom. The van der Waals surface area contributed by atoms with E-state index >= 15 is 0 Å². The fourth-order valence-corrected chi connectivity index (χ4v) is 2.95. The van der Waals surface area contributed by atoms with Crippen molar-refractivity contribution in [3.05, 3.63) is 29.8 Å². The van der Waals surface area contributed by atoms with Gasteiger partial charge < -0.3 is 15.3 Å². The van der Waals surface area contributed by atoms with Gasteiger partial charge >= 0.3 is 5.97 Å². The van der Waals surface area contributed by atoms with Crippen LogP contribution in [0.2, 0.25) is 0 Å². The zero-order valence-electron chi connectivity index (χ0n) is 12.8. The molecule has 0 bridgehead atoms. The van der Waals surface area contributed by atoms with Gasteiger partial charge in [0.2, 0.25) is 11.8 Å². The fourth-order valence-electron chi connectivity index (χ4n) is 2.95. The molecule has 3 rings (SSSR count). The number of nitrogens with one attached hydrogen (secondary N) is 1. The SMILES string of the molecule is O=C(O)c1cccc(NC(=O)C2CCCN(C(=O)C3CC3)C2)c1. The third-order valence-electron chi connectivity index (χ3n) is 4.41. The number of aromatic carboxylic acids is 1. The molecule has 0 radical (unpaired) electrons. The lowest BCUT2D eigenvalue weighted by Gasteiger charge is -2.32. The monoisotopic (exact) mass is 316 g/mol. The Bertz CT molecular complexity index is 639. The van der Waals surface area contributed by atoms with Crippen LogP contribution in [0.1, 0.15) is 36.0 Å². The minimum absolute atomic E-state index is 0.136. The van der Waals surface area contributed by atoms with Gasteiger partial charge in [-0.3, -0.25) is 9.59 Å². The van der Waals surface area contributed by atoms with Gasteiger partial charge in [0.05, 0.1) is 11.5 Å². The molecule has 2 N–H and O–H groups in total. The van der Waals surface area contributed by atoms with Gasteiger partial charge in [-0.2, -0.15) is 0 Å². The number of benzene rings is 1. The summed E-state index contributed by atoms with van der Waals surface area (Å²) in [7, 11) is 0. The molecule has 2 amide bonds. The lowest BCUT2D eigenvalue weighted by atomic mass is 9.96. The average molecular weight is 316 g/mol. The van der Waals surface area contributed by atoms with Gasteiger partial charge in [0, 0.05) is 24.7 Å². The van der Waals surface area contributed by atoms with Crippen LogP contribution in [0.5, 0.6) is 0 Å². The van der Waals surface area contributed by atoms with Gasteiger partial charge in [0.25, 0.3) is 0 Å². The summed E-state index contributed by atoms with van der Waals surface area (Å²) in [5.74, 6) is -1.07. The predicted octanol–water partition coefficient (Wildman–Crippen LogP) is 1.97. The second-order valence-electron chi connectivity index (χ2n) is 6.27. The van der Waals surface area contributed by atoms with Crippen molar-refractivity contribution in [1.82, 2.24) is 4.90 Å². The molecule has 1 saturated heterocycles. The number of hydrogen-bond acceptors (Lipinski definition) is 3. The zero-order valence-corrected chi connectivity index (χ0v) is 12.8. The molecule has 1 heterocycles. The number of carboxylic acids is 1. The normalized spacial score (nSPS) is 20.9. The highest BCUT2D eigenvalue weighted by molar-refractivity contribution is 5.95. The van der Waals surface area contributed by atoms with Crippen molar-refractivity contribution in [2.45, 2.75) is 25.7 Å². The van der Waals surface area contributed by atoms with E-state index in [0.29, 0.717) is 12.2 Å². The lowest BCUT2D eigenvalue weighted by Crippen LogP contribution is -2.44. The number of likely N-dealkylation sites (tertiary alicyclic amines) is 1. The Morgan fingerprint density at radius 2 is 1.91 bits per heavy atom. The number of anilines is 1. The van der Waals surface area contributed by atoms with Crippen LogP contribution in [-0.4, -0.2) is 40.9 Å². The van der Waals surface area contributed by atoms with Crippen LogP contribution in [0.15, 0.2) is 24.3 Å². The van der Waals surface area contributed by atoms with E-state index in [4.69, 9.17) is 5.11 Å². The molecule has 6 heteroatoms. The molecular formula is C17H20N2O4. The van der Waals surface area contributed by atoms with Crippen LogP contribution < -0.4 is 5.32 Å². The molecule has 1 aromatic rings. The summed E-state index contributed by atoms with van der Waals surface area (Å²) in [6, 6.07) is 6.19. The molecule has 2 fully saturated rings. The third kappa shape index (κ3) is 3.70. The van der Waals surface area contributed by atoms with Gasteiger partial charge in [0.15, 0.2) is 0 Å². The van der Waals surface area contributed by atoms with Gasteiger partial charge in [-0.05, 0) is 43.9 Å². The van der Waals surface area contributed by atoms with Gasteiger partial charge in [-0.15, -0.1) is 0 Å². The molecule has 2 aliphatic rings. The maximum atomic E-state index is 12.4. The molecule has 1 aliphatic heterocycles. The molecule has 23 heavy (non-hydrogen) atoms. The second kappa shape index (κ2) is 6.40. The van der Waals surface area contributed by atoms with Crippen LogP contribution in [0.25, 0.3) is 0 Å². The van der Waals surface area contributed by atoms with Crippen molar-refractivity contribution in [3.63, 3.8) is 0 Å². The molecule has 0 aromatic heterocycles. The lowest BCUT2D eigenvalue weighted by molar-refractivity contribution is -0.135. The quantitative estimate of drug-likeness (QED) is 0.889. The standard InChI is InChI=1S/C17H20N2O4/c20-15(18-14-5-1-3-12(9-14)17(22)23)13-4-2-8-19(10-13)16(21)11-6-7-11/h1,3,5,9,11,13H,2,4,6-8,10H2,(H,18,20)(H,22,23). The number of hydrogen-bond donors (Lipinski definition) is 2. The smallest absolute Gasteiger partial charge is 0.335 e. The summed E-state index contributed by atoms with van der Waals surface area (Å²) in [4.78, 5) is 37.3. The van der Waals surface area contributed by atoms with E-state index in [1.54, 1.807) is 17.0 Å². The molecule has 0 spiro atoms. The maximum Gasteiger partial charge on any atom is 0.335 e. The summed E-state index contributed by atoms with van der Waals surface area (Å²) >= 11 is 0. The first kappa shape index (κ1) is 15.5. The Hall–Kier alpha value is -2.37. The highest BCUT2D eigenvalue weighted by Gasteiger charge is 2.36. The highest BCUT2D eigenvalue weighted by atomic mass is 16.4. The fraction of sp³-hybridized carbons (Fsp3) is 0.471. The van der Waals surface area contributed by atoms with Crippen LogP contribution in [-0.2, 0) is 9.59 Å². The van der Waals surface area contributed by atoms with E-state index in [2.05, 4.69) is 5.32 Å². The van der Waals surface area contributed by atoms with Crippen molar-refractivity contribution >= 4 is 23.5 Å². The Labute approximate surface area is 134 Å². The summed E-state index contributed by atoms with van der Waals surface area (Å²) < 4.78 is 0. The number of amides is 2. The van der Waals surface area contributed by atoms with Crippen LogP contribution in [0, 0.1) is 11.8 Å². The molecule has 1 saturated carbocycles. The first-order chi connectivity index (χ1) is 11.0. The van der Waals surface area contributed by atoms with Gasteiger partial charge in [-0.25, -0.2) is 4.79 Å². The molecule has 1 aromatic carbocycles. The van der Waals surface area contributed by atoms with Crippen LogP contribution >= 0.6 is 0 Å². The molecule has 1 atom stereocenters. The van der Waals surface area contributed by atoms with Crippen molar-refractivity contribution in [2.75, 3.05) is 18.4 Å². The van der Waals surface area contributed by atoms with Crippen molar-refractivity contribution in [1.29, 1.82) is 0 Å². The topological polar surface area (TPSA) is 86.7 Å². The molecule has 1 unspecified atom stereocenters. The van der Waals surface area contributed by atoms with Crippen molar-refractivity contribution in [2.24, 2.45) is 11.8 Å². The Kier molecular flexibility index (Phi) is 4.32. The minimum atomic E-state index is -1.03. The summed E-state index contributed by atoms with van der Waals surface area (Å²) in [6.07, 6.45) is 3.51. The predicted molar refractivity (Wildman–Crippen MR) is 84.1 cm³/mol. The number of carbonyl (C=O) groups is 3. The van der Waals surface area contributed by atoms with Gasteiger partial charge in [-0.1, -0.05) is 6.07 Å². The summed E-state index contributed by atoms with van der Waals surface area (Å²) in [5, 5.41) is 11.8. The number of rotatable bonds is 4. The molecule has 6 nitrogen and oxygen atoms in total. The number of carboxylic acid groups (broad SMARTS) is 1. The molecular weight excluding hydrogens is 296 g/mol. The highest BCUT2D eigenvalue weighted by Crippen LogP contribution is 2.32. The third-order valence-corrected chi connectivity index (χ3v) is 4.41. The van der Waals surface area contributed by atoms with E-state index in [1.165, 1.54) is 12.1 Å². The van der Waals surface area contributed by atoms with Crippen LogP contribution in [0.3, 0.4) is 0 Å². The summed E-state index contributed by atoms with van der Waals surface area (Å²) in [6.45, 7) is 1.19. The van der Waals surface area contributed by atoms with E-state index in [9.17, 15) is 14.4 Å². The van der Waals surface area contributed by atoms with Gasteiger partial charge in [0.1, 0.15) is 0 Å². The minimum Gasteiger partial charge on any atom is -0.478 e. The molecule has 122 valence electrons.